The summed E-state index contributed by atoms with van der Waals surface area (Å²) in [5, 5.41) is 0. The minimum absolute atomic E-state index is 0.235. The van der Waals surface area contributed by atoms with Crippen LogP contribution in [0, 0.1) is 6.92 Å². The third kappa shape index (κ3) is 1.75. The Balaban J connectivity index is 3.53. The Morgan fingerprint density at radius 3 is 2.23 bits per heavy atom. The molecule has 0 spiro atoms. The molecule has 0 radical (unpaired) electrons. The van der Waals surface area contributed by atoms with Crippen LogP contribution in [0.1, 0.15) is 5.56 Å². The van der Waals surface area contributed by atoms with Gasteiger partial charge in [0.15, 0.2) is 9.84 Å². The van der Waals surface area contributed by atoms with Gasteiger partial charge in [-0.15, -0.1) is 0 Å². The van der Waals surface area contributed by atoms with Crippen LogP contribution in [0.3, 0.4) is 0 Å². The molecule has 0 atom stereocenters. The second-order valence-corrected chi connectivity index (χ2v) is 4.95. The maximum atomic E-state index is 11.2. The van der Waals surface area contributed by atoms with Crippen LogP contribution in [0.2, 0.25) is 0 Å². The smallest absolute Gasteiger partial charge is 0.175 e. The lowest BCUT2D eigenvalue weighted by molar-refractivity contribution is 0.601. The van der Waals surface area contributed by atoms with Crippen molar-refractivity contribution in [2.75, 3.05) is 17.7 Å². The van der Waals surface area contributed by atoms with E-state index in [1.54, 1.807) is 6.92 Å². The molecule has 5 heteroatoms. The van der Waals surface area contributed by atoms with Gasteiger partial charge in [0.1, 0.15) is 0 Å². The highest BCUT2D eigenvalue weighted by molar-refractivity contribution is 7.90. The Bertz CT molecular complexity index is 438. The molecule has 72 valence electrons. The minimum Gasteiger partial charge on any atom is -0.397 e. The van der Waals surface area contributed by atoms with Crippen LogP contribution >= 0.6 is 0 Å². The number of nitrogen functional groups attached to an aromatic ring is 2. The molecular weight excluding hydrogens is 188 g/mol. The number of sulfone groups is 1. The second-order valence-electron chi connectivity index (χ2n) is 2.96. The Morgan fingerprint density at radius 2 is 1.77 bits per heavy atom. The fourth-order valence-corrected chi connectivity index (χ4v) is 2.11. The number of anilines is 2. The van der Waals surface area contributed by atoms with E-state index in [2.05, 4.69) is 0 Å². The van der Waals surface area contributed by atoms with E-state index in [4.69, 9.17) is 11.5 Å². The first kappa shape index (κ1) is 9.85. The molecule has 0 unspecified atom stereocenters. The van der Waals surface area contributed by atoms with Crippen molar-refractivity contribution in [3.63, 3.8) is 0 Å². The summed E-state index contributed by atoms with van der Waals surface area (Å²) in [6, 6.07) is 2.97. The Morgan fingerprint density at radius 1 is 1.23 bits per heavy atom. The number of rotatable bonds is 1. The van der Waals surface area contributed by atoms with Gasteiger partial charge >= 0.3 is 0 Å². The van der Waals surface area contributed by atoms with Crippen LogP contribution in [0.15, 0.2) is 17.0 Å². The fourth-order valence-electron chi connectivity index (χ4n) is 1.13. The highest BCUT2D eigenvalue weighted by Gasteiger charge is 2.13. The first-order valence-corrected chi connectivity index (χ1v) is 5.58. The molecule has 0 aliphatic carbocycles. The maximum Gasteiger partial charge on any atom is 0.175 e. The van der Waals surface area contributed by atoms with Crippen molar-refractivity contribution in [1.82, 2.24) is 0 Å². The lowest BCUT2D eigenvalue weighted by atomic mass is 10.2. The third-order valence-corrected chi connectivity index (χ3v) is 3.14. The number of benzene rings is 1. The first-order valence-electron chi connectivity index (χ1n) is 3.68. The van der Waals surface area contributed by atoms with Crippen LogP contribution in [0.5, 0.6) is 0 Å². The summed E-state index contributed by atoms with van der Waals surface area (Å²) in [6.07, 6.45) is 1.14. The lowest BCUT2D eigenvalue weighted by Crippen LogP contribution is -2.05. The summed E-state index contributed by atoms with van der Waals surface area (Å²) in [6.45, 7) is 1.64. The summed E-state index contributed by atoms with van der Waals surface area (Å²) >= 11 is 0. The predicted molar refractivity (Wildman–Crippen MR) is 53.1 cm³/mol. The van der Waals surface area contributed by atoms with Crippen molar-refractivity contribution in [3.8, 4) is 0 Å². The van der Waals surface area contributed by atoms with E-state index in [-0.39, 0.29) is 4.90 Å². The van der Waals surface area contributed by atoms with Gasteiger partial charge in [0.25, 0.3) is 0 Å². The highest BCUT2D eigenvalue weighted by Crippen LogP contribution is 2.25. The van der Waals surface area contributed by atoms with Gasteiger partial charge in [-0.3, -0.25) is 0 Å². The molecule has 1 rings (SSSR count). The van der Waals surface area contributed by atoms with Gasteiger partial charge in [0.05, 0.1) is 16.3 Å². The summed E-state index contributed by atoms with van der Waals surface area (Å²) in [4.78, 5) is 0.235. The second kappa shape index (κ2) is 2.92. The number of hydrogen-bond donors (Lipinski definition) is 2. The summed E-state index contributed by atoms with van der Waals surface area (Å²) in [7, 11) is -3.21. The van der Waals surface area contributed by atoms with Crippen molar-refractivity contribution < 1.29 is 8.42 Å². The van der Waals surface area contributed by atoms with Gasteiger partial charge in [0.2, 0.25) is 0 Å². The Hall–Kier alpha value is -1.23. The average Bonchev–Trinajstić information content (AvgIpc) is 1.98. The molecule has 1 aromatic rings. The quantitative estimate of drug-likeness (QED) is 0.649. The molecule has 0 heterocycles. The standard InChI is InChI=1S/C8H12N2O2S/c1-5-7(13(2,11)12)4-3-6(9)8(5)10/h3-4H,9-10H2,1-2H3. The van der Waals surface area contributed by atoms with E-state index >= 15 is 0 Å². The molecule has 1 aromatic carbocycles. The molecule has 4 nitrogen and oxygen atoms in total. The van der Waals surface area contributed by atoms with E-state index in [1.165, 1.54) is 12.1 Å². The molecule has 0 bridgehead atoms. The Labute approximate surface area is 77.5 Å². The van der Waals surface area contributed by atoms with Crippen LogP contribution in [0.25, 0.3) is 0 Å². The first-order chi connectivity index (χ1) is 5.84. The highest BCUT2D eigenvalue weighted by atomic mass is 32.2. The van der Waals surface area contributed by atoms with E-state index in [0.29, 0.717) is 16.9 Å². The van der Waals surface area contributed by atoms with Gasteiger partial charge in [-0.25, -0.2) is 8.42 Å². The number of nitrogens with two attached hydrogens (primary N) is 2. The third-order valence-electron chi connectivity index (χ3n) is 1.90. The molecule has 4 N–H and O–H groups in total. The van der Waals surface area contributed by atoms with E-state index < -0.39 is 9.84 Å². The molecule has 0 aliphatic heterocycles. The van der Waals surface area contributed by atoms with Crippen LogP contribution < -0.4 is 11.5 Å². The van der Waals surface area contributed by atoms with Gasteiger partial charge < -0.3 is 11.5 Å². The summed E-state index contributed by atoms with van der Waals surface area (Å²) in [5.74, 6) is 0. The zero-order valence-electron chi connectivity index (χ0n) is 7.53. The van der Waals surface area contributed by atoms with Crippen molar-refractivity contribution in [1.29, 1.82) is 0 Å². The summed E-state index contributed by atoms with van der Waals surface area (Å²) < 4.78 is 22.4. The maximum absolute atomic E-state index is 11.2. The molecule has 0 aromatic heterocycles. The van der Waals surface area contributed by atoms with Crippen LogP contribution in [0.4, 0.5) is 11.4 Å². The summed E-state index contributed by atoms with van der Waals surface area (Å²) in [5.41, 5.74) is 12.4. The number of hydrogen-bond acceptors (Lipinski definition) is 4. The minimum atomic E-state index is -3.21. The molecule has 0 saturated carbocycles. The van der Waals surface area contributed by atoms with Gasteiger partial charge in [0, 0.05) is 6.26 Å². The van der Waals surface area contributed by atoms with Crippen LogP contribution in [-0.2, 0) is 9.84 Å². The SMILES string of the molecule is Cc1c(S(C)(=O)=O)ccc(N)c1N. The van der Waals surface area contributed by atoms with Crippen molar-refractivity contribution in [2.24, 2.45) is 0 Å². The topological polar surface area (TPSA) is 86.2 Å². The van der Waals surface area contributed by atoms with E-state index in [1.807, 2.05) is 0 Å². The molecule has 0 fully saturated rings. The van der Waals surface area contributed by atoms with Gasteiger partial charge in [-0.2, -0.15) is 0 Å². The average molecular weight is 200 g/mol. The van der Waals surface area contributed by atoms with Gasteiger partial charge in [-0.1, -0.05) is 0 Å². The molecule has 0 aliphatic rings. The normalized spacial score (nSPS) is 11.5. The van der Waals surface area contributed by atoms with E-state index in [9.17, 15) is 8.42 Å². The van der Waals surface area contributed by atoms with Crippen LogP contribution in [-0.4, -0.2) is 14.7 Å². The molecule has 13 heavy (non-hydrogen) atoms. The largest absolute Gasteiger partial charge is 0.397 e. The van der Waals surface area contributed by atoms with Crippen molar-refractivity contribution in [2.45, 2.75) is 11.8 Å². The zero-order chi connectivity index (χ0) is 10.2. The zero-order valence-corrected chi connectivity index (χ0v) is 8.35. The molecule has 0 amide bonds. The molecular formula is C8H12N2O2S. The van der Waals surface area contributed by atoms with E-state index in [0.717, 1.165) is 6.26 Å². The monoisotopic (exact) mass is 200 g/mol. The lowest BCUT2D eigenvalue weighted by Gasteiger charge is -2.08. The predicted octanol–water partition coefficient (Wildman–Crippen LogP) is 0.563. The Kier molecular flexibility index (Phi) is 2.21. The molecule has 0 saturated heterocycles. The van der Waals surface area contributed by atoms with Gasteiger partial charge in [-0.05, 0) is 24.6 Å². The van der Waals surface area contributed by atoms with Crippen molar-refractivity contribution >= 4 is 21.2 Å². The van der Waals surface area contributed by atoms with Crippen molar-refractivity contribution in [3.05, 3.63) is 17.7 Å². The fraction of sp³-hybridized carbons (Fsp3) is 0.250.